The second kappa shape index (κ2) is 4.39. The van der Waals surface area contributed by atoms with Crippen LogP contribution in [0.2, 0.25) is 0 Å². The maximum atomic E-state index is 11.3. The molecule has 1 aliphatic heterocycles. The fraction of sp³-hybridized carbons (Fsp3) is 0.308. The van der Waals surface area contributed by atoms with E-state index >= 15 is 0 Å². The highest BCUT2D eigenvalue weighted by atomic mass is 16.5. The van der Waals surface area contributed by atoms with Crippen molar-refractivity contribution in [2.45, 2.75) is 25.9 Å². The van der Waals surface area contributed by atoms with Crippen molar-refractivity contribution >= 4 is 12.0 Å². The van der Waals surface area contributed by atoms with Crippen molar-refractivity contribution in [3.63, 3.8) is 0 Å². The molecule has 0 radical (unpaired) electrons. The molecule has 0 saturated heterocycles. The summed E-state index contributed by atoms with van der Waals surface area (Å²) < 4.78 is 5.78. The molecular weight excluding hydrogens is 202 g/mol. The van der Waals surface area contributed by atoms with Gasteiger partial charge in [0.15, 0.2) is 0 Å². The van der Waals surface area contributed by atoms with E-state index in [2.05, 4.69) is 6.92 Å². The minimum absolute atomic E-state index is 0.197. The number of hydrogen-bond donors (Lipinski definition) is 1. The quantitative estimate of drug-likeness (QED) is 0.843. The number of para-hydroxylation sites is 1. The van der Waals surface area contributed by atoms with Crippen LogP contribution >= 0.6 is 0 Å². The predicted molar refractivity (Wildman–Crippen MR) is 62.9 cm³/mol. The molecule has 2 rings (SSSR count). The van der Waals surface area contributed by atoms with Gasteiger partial charge in [0.1, 0.15) is 11.9 Å². The van der Waals surface area contributed by atoms with Gasteiger partial charge in [-0.1, -0.05) is 31.5 Å². The molecule has 1 atom stereocenters. The largest absolute Gasteiger partial charge is 0.485 e. The first-order valence-electron chi connectivity index (χ1n) is 5.49. The second-order valence-electron chi connectivity index (χ2n) is 3.90. The molecule has 1 aliphatic rings. The first-order valence-corrected chi connectivity index (χ1v) is 5.49. The van der Waals surface area contributed by atoms with Gasteiger partial charge in [-0.3, -0.25) is 4.79 Å². The van der Waals surface area contributed by atoms with Gasteiger partial charge in [-0.05, 0) is 18.6 Å². The molecule has 3 heteroatoms. The summed E-state index contributed by atoms with van der Waals surface area (Å²) in [5, 5.41) is 0. The Balaban J connectivity index is 2.39. The van der Waals surface area contributed by atoms with E-state index in [1.54, 1.807) is 0 Å². The van der Waals surface area contributed by atoms with Crippen LogP contribution in [0.1, 0.15) is 25.3 Å². The van der Waals surface area contributed by atoms with Gasteiger partial charge in [-0.25, -0.2) is 0 Å². The van der Waals surface area contributed by atoms with Gasteiger partial charge >= 0.3 is 0 Å². The third-order valence-corrected chi connectivity index (χ3v) is 2.68. The third-order valence-electron chi connectivity index (χ3n) is 2.68. The van der Waals surface area contributed by atoms with Crippen molar-refractivity contribution < 1.29 is 9.53 Å². The summed E-state index contributed by atoms with van der Waals surface area (Å²) in [7, 11) is 0. The van der Waals surface area contributed by atoms with Crippen LogP contribution in [0.15, 0.2) is 29.8 Å². The van der Waals surface area contributed by atoms with E-state index < -0.39 is 5.91 Å². The molecule has 1 heterocycles. The molecule has 1 unspecified atom stereocenters. The zero-order valence-corrected chi connectivity index (χ0v) is 9.27. The highest BCUT2D eigenvalue weighted by molar-refractivity contribution is 5.98. The van der Waals surface area contributed by atoms with Crippen molar-refractivity contribution in [2.75, 3.05) is 0 Å². The van der Waals surface area contributed by atoms with E-state index in [0.29, 0.717) is 5.57 Å². The maximum absolute atomic E-state index is 11.3. The molecule has 84 valence electrons. The van der Waals surface area contributed by atoms with E-state index in [4.69, 9.17) is 10.5 Å². The van der Waals surface area contributed by atoms with Gasteiger partial charge < -0.3 is 10.5 Å². The van der Waals surface area contributed by atoms with E-state index in [0.717, 1.165) is 24.2 Å². The van der Waals surface area contributed by atoms with Gasteiger partial charge in [-0.15, -0.1) is 0 Å². The molecule has 0 bridgehead atoms. The Hall–Kier alpha value is -1.77. The minimum Gasteiger partial charge on any atom is -0.485 e. The number of benzene rings is 1. The van der Waals surface area contributed by atoms with E-state index in [-0.39, 0.29) is 6.10 Å². The highest BCUT2D eigenvalue weighted by Crippen LogP contribution is 2.30. The molecule has 2 N–H and O–H groups in total. The average molecular weight is 217 g/mol. The summed E-state index contributed by atoms with van der Waals surface area (Å²) in [6.45, 7) is 2.06. The lowest BCUT2D eigenvalue weighted by atomic mass is 9.98. The molecule has 0 saturated carbocycles. The molecule has 0 aliphatic carbocycles. The van der Waals surface area contributed by atoms with Crippen molar-refractivity contribution in [3.05, 3.63) is 35.4 Å². The number of rotatable bonds is 3. The number of ether oxygens (including phenoxy) is 1. The summed E-state index contributed by atoms with van der Waals surface area (Å²) in [6, 6.07) is 7.66. The van der Waals surface area contributed by atoms with Crippen LogP contribution in [-0.4, -0.2) is 12.0 Å². The summed E-state index contributed by atoms with van der Waals surface area (Å²) >= 11 is 0. The Bertz CT molecular complexity index is 437. The number of hydrogen-bond acceptors (Lipinski definition) is 2. The van der Waals surface area contributed by atoms with Crippen LogP contribution < -0.4 is 10.5 Å². The lowest BCUT2D eigenvalue weighted by Gasteiger charge is -2.25. The van der Waals surface area contributed by atoms with Crippen LogP contribution in [0, 0.1) is 0 Å². The zero-order chi connectivity index (χ0) is 11.5. The summed E-state index contributed by atoms with van der Waals surface area (Å²) in [5.41, 5.74) is 6.85. The summed E-state index contributed by atoms with van der Waals surface area (Å²) in [6.07, 6.45) is 3.40. The number of primary amides is 1. The van der Waals surface area contributed by atoms with Crippen molar-refractivity contribution in [3.8, 4) is 5.75 Å². The average Bonchev–Trinajstić information content (AvgIpc) is 2.28. The first kappa shape index (κ1) is 10.7. The van der Waals surface area contributed by atoms with Gasteiger partial charge in [-0.2, -0.15) is 0 Å². The SMILES string of the molecule is CCCC1Oc2ccccc2C=C1C(N)=O. The van der Waals surface area contributed by atoms with E-state index in [1.165, 1.54) is 0 Å². The predicted octanol–water partition coefficient (Wildman–Crippen LogP) is 2.12. The first-order chi connectivity index (χ1) is 7.72. The fourth-order valence-electron chi connectivity index (χ4n) is 1.89. The lowest BCUT2D eigenvalue weighted by Crippen LogP contribution is -2.30. The monoisotopic (exact) mass is 217 g/mol. The smallest absolute Gasteiger partial charge is 0.248 e. The molecule has 0 fully saturated rings. The normalized spacial score (nSPS) is 18.3. The molecule has 3 nitrogen and oxygen atoms in total. The molecule has 16 heavy (non-hydrogen) atoms. The minimum atomic E-state index is -0.395. The van der Waals surface area contributed by atoms with Gasteiger partial charge in [0, 0.05) is 5.56 Å². The number of carbonyl (C=O) groups excluding carboxylic acids is 1. The van der Waals surface area contributed by atoms with Gasteiger partial charge in [0.2, 0.25) is 5.91 Å². The van der Waals surface area contributed by atoms with E-state index in [1.807, 2.05) is 30.3 Å². The van der Waals surface area contributed by atoms with Gasteiger partial charge in [0.25, 0.3) is 0 Å². The third kappa shape index (κ3) is 1.94. The highest BCUT2D eigenvalue weighted by Gasteiger charge is 2.25. The Labute approximate surface area is 94.9 Å². The molecule has 0 spiro atoms. The fourth-order valence-corrected chi connectivity index (χ4v) is 1.89. The molecular formula is C13H15NO2. The van der Waals surface area contributed by atoms with Crippen LogP contribution in [0.5, 0.6) is 5.75 Å². The van der Waals surface area contributed by atoms with E-state index in [9.17, 15) is 4.79 Å². The Kier molecular flexibility index (Phi) is 2.95. The van der Waals surface area contributed by atoms with Gasteiger partial charge in [0.05, 0.1) is 5.57 Å². The summed E-state index contributed by atoms with van der Waals surface area (Å²) in [4.78, 5) is 11.3. The Morgan fingerprint density at radius 3 is 2.88 bits per heavy atom. The van der Waals surface area contributed by atoms with Crippen LogP contribution in [0.3, 0.4) is 0 Å². The molecule has 1 aromatic rings. The number of carbonyl (C=O) groups is 1. The lowest BCUT2D eigenvalue weighted by molar-refractivity contribution is -0.115. The van der Waals surface area contributed by atoms with Crippen LogP contribution in [0.4, 0.5) is 0 Å². The van der Waals surface area contributed by atoms with Crippen molar-refractivity contribution in [1.82, 2.24) is 0 Å². The molecule has 0 aromatic heterocycles. The number of nitrogens with two attached hydrogens (primary N) is 1. The topological polar surface area (TPSA) is 52.3 Å². The number of amides is 1. The summed E-state index contributed by atoms with van der Waals surface area (Å²) in [5.74, 6) is 0.430. The molecule has 1 amide bonds. The molecule has 1 aromatic carbocycles. The second-order valence-corrected chi connectivity index (χ2v) is 3.90. The van der Waals surface area contributed by atoms with Crippen LogP contribution in [-0.2, 0) is 4.79 Å². The Morgan fingerprint density at radius 1 is 1.44 bits per heavy atom. The van der Waals surface area contributed by atoms with Crippen molar-refractivity contribution in [1.29, 1.82) is 0 Å². The number of fused-ring (bicyclic) bond motifs is 1. The standard InChI is InChI=1S/C13H15NO2/c1-2-5-12-10(13(14)15)8-9-6-3-4-7-11(9)16-12/h3-4,6-8,12H,2,5H2,1H3,(H2,14,15). The van der Waals surface area contributed by atoms with Crippen molar-refractivity contribution in [2.24, 2.45) is 5.73 Å². The van der Waals surface area contributed by atoms with Crippen LogP contribution in [0.25, 0.3) is 6.08 Å². The maximum Gasteiger partial charge on any atom is 0.248 e. The zero-order valence-electron chi connectivity index (χ0n) is 9.27. The Morgan fingerprint density at radius 2 is 2.19 bits per heavy atom.